The minimum Gasteiger partial charge on any atom is -0.376 e. The first-order valence-electron chi connectivity index (χ1n) is 11.4. The largest absolute Gasteiger partial charge is 0.376 e. The van der Waals surface area contributed by atoms with E-state index in [2.05, 4.69) is 53.0 Å². The number of aryl methyl sites for hydroxylation is 2. The third-order valence-corrected chi connectivity index (χ3v) is 6.51. The number of pyridine rings is 1. The van der Waals surface area contributed by atoms with Crippen LogP contribution in [0.5, 0.6) is 0 Å². The number of H-pyrrole nitrogens is 1. The molecule has 0 saturated carbocycles. The Morgan fingerprint density at radius 3 is 2.68 bits per heavy atom. The van der Waals surface area contributed by atoms with Crippen LogP contribution in [0.25, 0.3) is 10.9 Å². The quantitative estimate of drug-likeness (QED) is 0.579. The molecule has 1 saturated heterocycles. The number of thiocarbonyl (C=S) groups is 1. The average Bonchev–Trinajstić information content (AvgIpc) is 3.26. The molecule has 0 radical (unpaired) electrons. The standard InChI is InChI=1S/C24H36N4O2S/c1-5-27(6-2)9-10-28(24(31)25-15-21-8-7-11-30-21)16-20-14-19-13-17(3)12-18(4)22(19)26-23(20)29/h12-14,21H,5-11,15-16H2,1-4H3,(H,25,31)(H,26,29)/t21-/m0/s1. The fourth-order valence-corrected chi connectivity index (χ4v) is 4.47. The minimum atomic E-state index is -0.0470. The van der Waals surface area contributed by atoms with Crippen LogP contribution < -0.4 is 10.9 Å². The van der Waals surface area contributed by atoms with Crippen molar-refractivity contribution < 1.29 is 4.74 Å². The summed E-state index contributed by atoms with van der Waals surface area (Å²) in [7, 11) is 0. The fourth-order valence-electron chi connectivity index (χ4n) is 4.23. The molecule has 2 heterocycles. The summed E-state index contributed by atoms with van der Waals surface area (Å²) in [6, 6.07) is 6.23. The number of likely N-dealkylation sites (N-methyl/N-ethyl adjacent to an activating group) is 1. The molecule has 0 amide bonds. The second-order valence-electron chi connectivity index (χ2n) is 8.44. The number of benzene rings is 1. The molecule has 0 spiro atoms. The van der Waals surface area contributed by atoms with Gasteiger partial charge in [-0.25, -0.2) is 0 Å². The van der Waals surface area contributed by atoms with Gasteiger partial charge in [-0.1, -0.05) is 25.5 Å². The van der Waals surface area contributed by atoms with Crippen molar-refractivity contribution in [3.63, 3.8) is 0 Å². The molecular weight excluding hydrogens is 408 g/mol. The maximum absolute atomic E-state index is 12.9. The van der Waals surface area contributed by atoms with Gasteiger partial charge < -0.3 is 24.8 Å². The molecular formula is C24H36N4O2S. The zero-order chi connectivity index (χ0) is 22.4. The van der Waals surface area contributed by atoms with Gasteiger partial charge in [-0.3, -0.25) is 4.79 Å². The van der Waals surface area contributed by atoms with Crippen molar-refractivity contribution in [2.45, 2.75) is 53.2 Å². The number of hydrogen-bond donors (Lipinski definition) is 2. The number of ether oxygens (including phenoxy) is 1. The summed E-state index contributed by atoms with van der Waals surface area (Å²) < 4.78 is 5.72. The van der Waals surface area contributed by atoms with Crippen molar-refractivity contribution in [2.24, 2.45) is 0 Å². The number of nitrogens with one attached hydrogen (secondary N) is 2. The molecule has 170 valence electrons. The maximum atomic E-state index is 12.9. The Labute approximate surface area is 191 Å². The van der Waals surface area contributed by atoms with Crippen LogP contribution in [-0.4, -0.2) is 65.3 Å². The predicted molar refractivity (Wildman–Crippen MR) is 132 cm³/mol. The molecule has 1 aromatic carbocycles. The molecule has 7 heteroatoms. The molecule has 0 aliphatic carbocycles. The highest BCUT2D eigenvalue weighted by molar-refractivity contribution is 7.80. The molecule has 1 atom stereocenters. The summed E-state index contributed by atoms with van der Waals surface area (Å²) >= 11 is 5.74. The molecule has 2 N–H and O–H groups in total. The lowest BCUT2D eigenvalue weighted by Crippen LogP contribution is -2.46. The normalized spacial score (nSPS) is 16.2. The van der Waals surface area contributed by atoms with Crippen LogP contribution in [0, 0.1) is 13.8 Å². The van der Waals surface area contributed by atoms with Crippen molar-refractivity contribution in [3.8, 4) is 0 Å². The Balaban J connectivity index is 1.79. The highest BCUT2D eigenvalue weighted by Gasteiger charge is 2.19. The van der Waals surface area contributed by atoms with Crippen molar-refractivity contribution >= 4 is 28.2 Å². The predicted octanol–water partition coefficient (Wildman–Crippen LogP) is 3.34. The van der Waals surface area contributed by atoms with Crippen LogP contribution >= 0.6 is 12.2 Å². The van der Waals surface area contributed by atoms with Crippen molar-refractivity contribution in [1.29, 1.82) is 0 Å². The first-order valence-corrected chi connectivity index (χ1v) is 11.8. The summed E-state index contributed by atoms with van der Waals surface area (Å²) in [4.78, 5) is 20.4. The van der Waals surface area contributed by atoms with Gasteiger partial charge in [-0.05, 0) is 75.1 Å². The first kappa shape index (κ1) is 23.7. The van der Waals surface area contributed by atoms with Gasteiger partial charge >= 0.3 is 0 Å². The summed E-state index contributed by atoms with van der Waals surface area (Å²) in [5.41, 5.74) is 3.88. The van der Waals surface area contributed by atoms with Gasteiger partial charge in [0.05, 0.1) is 18.2 Å². The van der Waals surface area contributed by atoms with E-state index >= 15 is 0 Å². The van der Waals surface area contributed by atoms with Crippen LogP contribution in [0.15, 0.2) is 23.0 Å². The van der Waals surface area contributed by atoms with Crippen molar-refractivity contribution in [2.75, 3.05) is 39.3 Å². The van der Waals surface area contributed by atoms with Crippen LogP contribution in [0.3, 0.4) is 0 Å². The molecule has 3 rings (SSSR count). The molecule has 2 aromatic rings. The van der Waals surface area contributed by atoms with E-state index in [1.807, 2.05) is 13.0 Å². The summed E-state index contributed by atoms with van der Waals surface area (Å²) in [6.07, 6.45) is 2.39. The van der Waals surface area contributed by atoms with E-state index in [0.29, 0.717) is 18.2 Å². The second kappa shape index (κ2) is 11.1. The van der Waals surface area contributed by atoms with E-state index < -0.39 is 0 Å². The van der Waals surface area contributed by atoms with Gasteiger partial charge in [0.2, 0.25) is 0 Å². The van der Waals surface area contributed by atoms with Gasteiger partial charge in [0.15, 0.2) is 5.11 Å². The lowest BCUT2D eigenvalue weighted by molar-refractivity contribution is 0.113. The lowest BCUT2D eigenvalue weighted by atomic mass is 10.1. The zero-order valence-corrected chi connectivity index (χ0v) is 20.1. The Morgan fingerprint density at radius 2 is 2.00 bits per heavy atom. The molecule has 6 nitrogen and oxygen atoms in total. The highest BCUT2D eigenvalue weighted by Crippen LogP contribution is 2.19. The Morgan fingerprint density at radius 1 is 1.23 bits per heavy atom. The van der Waals surface area contributed by atoms with E-state index in [1.54, 1.807) is 0 Å². The Bertz CT molecular complexity index is 948. The van der Waals surface area contributed by atoms with Gasteiger partial charge in [-0.15, -0.1) is 0 Å². The smallest absolute Gasteiger partial charge is 0.253 e. The first-order chi connectivity index (χ1) is 14.9. The average molecular weight is 445 g/mol. The monoisotopic (exact) mass is 444 g/mol. The third-order valence-electron chi connectivity index (χ3n) is 6.10. The maximum Gasteiger partial charge on any atom is 0.253 e. The van der Waals surface area contributed by atoms with Gasteiger partial charge in [0, 0.05) is 31.8 Å². The fraction of sp³-hybridized carbons (Fsp3) is 0.583. The van der Waals surface area contributed by atoms with Crippen molar-refractivity contribution in [3.05, 3.63) is 45.2 Å². The Hall–Kier alpha value is -1.96. The third kappa shape index (κ3) is 6.28. The van der Waals surface area contributed by atoms with Crippen LogP contribution in [0.4, 0.5) is 0 Å². The van der Waals surface area contributed by atoms with E-state index in [0.717, 1.165) is 67.7 Å². The lowest BCUT2D eigenvalue weighted by Gasteiger charge is -2.29. The van der Waals surface area contributed by atoms with E-state index in [4.69, 9.17) is 17.0 Å². The number of fused-ring (bicyclic) bond motifs is 1. The Kier molecular flexibility index (Phi) is 8.46. The summed E-state index contributed by atoms with van der Waals surface area (Å²) in [5, 5.41) is 5.13. The molecule has 0 bridgehead atoms. The topological polar surface area (TPSA) is 60.6 Å². The number of rotatable bonds is 9. The van der Waals surface area contributed by atoms with E-state index in [9.17, 15) is 4.79 Å². The van der Waals surface area contributed by atoms with Crippen LogP contribution in [0.2, 0.25) is 0 Å². The minimum absolute atomic E-state index is 0.0470. The number of aromatic amines is 1. The molecule has 0 unspecified atom stereocenters. The van der Waals surface area contributed by atoms with Gasteiger partial charge in [0.1, 0.15) is 0 Å². The SMILES string of the molecule is CCN(CC)CCN(Cc1cc2cc(C)cc(C)c2[nH]c1=O)C(=S)NC[C@@H]1CCCO1. The summed E-state index contributed by atoms with van der Waals surface area (Å²) in [6.45, 7) is 14.1. The molecule has 31 heavy (non-hydrogen) atoms. The van der Waals surface area contributed by atoms with Crippen LogP contribution in [0.1, 0.15) is 43.4 Å². The molecule has 1 fully saturated rings. The highest BCUT2D eigenvalue weighted by atomic mass is 32.1. The number of nitrogens with zero attached hydrogens (tertiary/aromatic N) is 2. The van der Waals surface area contributed by atoms with Crippen LogP contribution in [-0.2, 0) is 11.3 Å². The molecule has 1 aliphatic rings. The zero-order valence-electron chi connectivity index (χ0n) is 19.3. The van der Waals surface area contributed by atoms with Gasteiger partial charge in [-0.2, -0.15) is 0 Å². The van der Waals surface area contributed by atoms with Crippen molar-refractivity contribution in [1.82, 2.24) is 20.1 Å². The molecule has 1 aromatic heterocycles. The number of hydrogen-bond acceptors (Lipinski definition) is 4. The van der Waals surface area contributed by atoms with E-state index in [-0.39, 0.29) is 11.7 Å². The van der Waals surface area contributed by atoms with Gasteiger partial charge in [0.25, 0.3) is 5.56 Å². The molecule has 1 aliphatic heterocycles. The second-order valence-corrected chi connectivity index (χ2v) is 8.83. The number of aromatic nitrogens is 1. The van der Waals surface area contributed by atoms with E-state index in [1.165, 1.54) is 5.56 Å². The summed E-state index contributed by atoms with van der Waals surface area (Å²) in [5.74, 6) is 0.